The molecule has 266 valence electrons. The lowest BCUT2D eigenvalue weighted by atomic mass is 9.85. The van der Waals surface area contributed by atoms with E-state index in [0.29, 0.717) is 0 Å². The van der Waals surface area contributed by atoms with Crippen LogP contribution in [-0.4, -0.2) is 4.57 Å². The van der Waals surface area contributed by atoms with E-state index in [1.165, 1.54) is 99.0 Å². The second-order valence-electron chi connectivity index (χ2n) is 15.0. The standard InChI is InChI=1S/C55H41N/c1-37(48-24-12-20-40-17-8-10-22-49(40)48)32-47-29-28-45(34-51(47)38(2)43-27-26-39-14-6-7-19-44(39)33-43)46-30-31-55-52(35-46)53(42-15-4-3-5-16-42)36-56(55)54-25-13-21-41-18-9-11-23-50(41)54/h3-36,38H,1-2H3/b37-32+. The Kier molecular flexibility index (Phi) is 8.42. The van der Waals surface area contributed by atoms with Crippen molar-refractivity contribution in [2.24, 2.45) is 0 Å². The largest absolute Gasteiger partial charge is 0.315 e. The fourth-order valence-corrected chi connectivity index (χ4v) is 8.67. The van der Waals surface area contributed by atoms with Crippen molar-refractivity contribution in [3.05, 3.63) is 223 Å². The van der Waals surface area contributed by atoms with Crippen LogP contribution in [0.2, 0.25) is 0 Å². The average Bonchev–Trinajstić information content (AvgIpc) is 3.64. The summed E-state index contributed by atoms with van der Waals surface area (Å²) >= 11 is 0. The number of rotatable bonds is 7. The first-order valence-electron chi connectivity index (χ1n) is 19.6. The van der Waals surface area contributed by atoms with E-state index in [-0.39, 0.29) is 5.92 Å². The molecule has 0 amide bonds. The summed E-state index contributed by atoms with van der Waals surface area (Å²) in [5.41, 5.74) is 13.6. The van der Waals surface area contributed by atoms with Crippen LogP contribution in [0.25, 0.3) is 82.8 Å². The zero-order valence-electron chi connectivity index (χ0n) is 31.7. The molecule has 1 unspecified atom stereocenters. The summed E-state index contributed by atoms with van der Waals surface area (Å²) in [6, 6.07) is 71.0. The van der Waals surface area contributed by atoms with E-state index >= 15 is 0 Å². The fraction of sp³-hybridized carbons (Fsp3) is 0.0545. The first-order chi connectivity index (χ1) is 27.6. The van der Waals surface area contributed by atoms with Crippen LogP contribution < -0.4 is 0 Å². The highest BCUT2D eigenvalue weighted by molar-refractivity contribution is 6.02. The van der Waals surface area contributed by atoms with Crippen molar-refractivity contribution in [2.75, 3.05) is 0 Å². The molecule has 0 bridgehead atoms. The molecule has 0 N–H and O–H groups in total. The Labute approximate surface area is 328 Å². The lowest BCUT2D eigenvalue weighted by Crippen LogP contribution is -2.00. The fourth-order valence-electron chi connectivity index (χ4n) is 8.67. The van der Waals surface area contributed by atoms with Gasteiger partial charge in [0.2, 0.25) is 0 Å². The molecule has 1 aromatic heterocycles. The Morgan fingerprint density at radius 1 is 0.482 bits per heavy atom. The molecule has 9 aromatic carbocycles. The smallest absolute Gasteiger partial charge is 0.0535 e. The molecule has 0 saturated carbocycles. The Morgan fingerprint density at radius 3 is 1.95 bits per heavy atom. The molecule has 0 saturated heterocycles. The summed E-state index contributed by atoms with van der Waals surface area (Å²) in [6.07, 6.45) is 4.71. The highest BCUT2D eigenvalue weighted by Gasteiger charge is 2.18. The predicted molar refractivity (Wildman–Crippen MR) is 241 cm³/mol. The quantitative estimate of drug-likeness (QED) is 0.145. The minimum absolute atomic E-state index is 0.169. The van der Waals surface area contributed by atoms with Gasteiger partial charge in [0.1, 0.15) is 0 Å². The highest BCUT2D eigenvalue weighted by Crippen LogP contribution is 2.39. The van der Waals surface area contributed by atoms with Crippen molar-refractivity contribution in [3.8, 4) is 27.9 Å². The van der Waals surface area contributed by atoms with E-state index in [9.17, 15) is 0 Å². The monoisotopic (exact) mass is 715 g/mol. The molecule has 56 heavy (non-hydrogen) atoms. The van der Waals surface area contributed by atoms with Gasteiger partial charge < -0.3 is 4.57 Å². The molecule has 10 aromatic rings. The molecule has 0 aliphatic rings. The van der Waals surface area contributed by atoms with Gasteiger partial charge in [-0.05, 0) is 103 Å². The van der Waals surface area contributed by atoms with Gasteiger partial charge in [-0.25, -0.2) is 0 Å². The van der Waals surface area contributed by atoms with Crippen LogP contribution in [0.5, 0.6) is 0 Å². The minimum atomic E-state index is 0.169. The Bertz CT molecular complexity index is 3100. The van der Waals surface area contributed by atoms with Gasteiger partial charge in [0.25, 0.3) is 0 Å². The van der Waals surface area contributed by atoms with Crippen molar-refractivity contribution < 1.29 is 0 Å². The van der Waals surface area contributed by atoms with Crippen LogP contribution in [0.1, 0.15) is 42.0 Å². The van der Waals surface area contributed by atoms with Crippen molar-refractivity contribution in [1.29, 1.82) is 0 Å². The van der Waals surface area contributed by atoms with Crippen LogP contribution in [0.15, 0.2) is 200 Å². The Hall–Kier alpha value is -6.96. The predicted octanol–water partition coefficient (Wildman–Crippen LogP) is 15.1. The molecule has 1 heteroatoms. The van der Waals surface area contributed by atoms with E-state index in [1.807, 2.05) is 0 Å². The third kappa shape index (κ3) is 5.99. The van der Waals surface area contributed by atoms with Crippen molar-refractivity contribution >= 4 is 54.9 Å². The lowest BCUT2D eigenvalue weighted by Gasteiger charge is -2.19. The number of nitrogens with zero attached hydrogens (tertiary/aromatic N) is 1. The van der Waals surface area contributed by atoms with Crippen molar-refractivity contribution in [3.63, 3.8) is 0 Å². The number of benzene rings is 9. The van der Waals surface area contributed by atoms with E-state index in [1.54, 1.807) is 0 Å². The second-order valence-corrected chi connectivity index (χ2v) is 15.0. The van der Waals surface area contributed by atoms with Gasteiger partial charge in [0, 0.05) is 28.5 Å². The summed E-state index contributed by atoms with van der Waals surface area (Å²) in [4.78, 5) is 0. The molecular weight excluding hydrogens is 675 g/mol. The summed E-state index contributed by atoms with van der Waals surface area (Å²) in [5, 5.41) is 8.79. The third-order valence-electron chi connectivity index (χ3n) is 11.7. The minimum Gasteiger partial charge on any atom is -0.315 e. The van der Waals surface area contributed by atoms with E-state index in [4.69, 9.17) is 0 Å². The normalized spacial score (nSPS) is 12.5. The SMILES string of the molecule is C/C(=C\c1ccc(-c2ccc3c(c2)c(-c2ccccc2)cn3-c2cccc3ccccc23)cc1C(C)c1ccc2ccccc2c1)c1cccc2ccccc12. The molecule has 0 aliphatic heterocycles. The zero-order chi connectivity index (χ0) is 37.6. The molecule has 1 nitrogen and oxygen atoms in total. The van der Waals surface area contributed by atoms with Gasteiger partial charge in [-0.3, -0.25) is 0 Å². The maximum Gasteiger partial charge on any atom is 0.0535 e. The topological polar surface area (TPSA) is 4.93 Å². The number of aromatic nitrogens is 1. The van der Waals surface area contributed by atoms with E-state index in [2.05, 4.69) is 225 Å². The summed E-state index contributed by atoms with van der Waals surface area (Å²) in [7, 11) is 0. The Morgan fingerprint density at radius 2 is 1.12 bits per heavy atom. The van der Waals surface area contributed by atoms with Crippen LogP contribution in [0, 0.1) is 0 Å². The number of hydrogen-bond acceptors (Lipinski definition) is 0. The average molecular weight is 716 g/mol. The van der Waals surface area contributed by atoms with Gasteiger partial charge in [0.15, 0.2) is 0 Å². The van der Waals surface area contributed by atoms with E-state index < -0.39 is 0 Å². The van der Waals surface area contributed by atoms with Crippen molar-refractivity contribution in [2.45, 2.75) is 19.8 Å². The van der Waals surface area contributed by atoms with Gasteiger partial charge in [-0.15, -0.1) is 0 Å². The van der Waals surface area contributed by atoms with Crippen LogP contribution >= 0.6 is 0 Å². The van der Waals surface area contributed by atoms with Crippen LogP contribution in [-0.2, 0) is 0 Å². The molecule has 10 rings (SSSR count). The maximum absolute atomic E-state index is 2.44. The molecule has 0 radical (unpaired) electrons. The number of fused-ring (bicyclic) bond motifs is 4. The number of allylic oxidation sites excluding steroid dienone is 1. The molecule has 1 heterocycles. The molecule has 1 atom stereocenters. The molecular formula is C55H41N. The van der Waals surface area contributed by atoms with Gasteiger partial charge >= 0.3 is 0 Å². The van der Waals surface area contributed by atoms with Gasteiger partial charge in [0.05, 0.1) is 11.2 Å². The second kappa shape index (κ2) is 14.0. The molecule has 0 fully saturated rings. The summed E-state index contributed by atoms with van der Waals surface area (Å²) in [5.74, 6) is 0.169. The lowest BCUT2D eigenvalue weighted by molar-refractivity contribution is 0.922. The van der Waals surface area contributed by atoms with Gasteiger partial charge in [-0.1, -0.05) is 183 Å². The number of hydrogen-bond donors (Lipinski definition) is 0. The molecule has 0 spiro atoms. The van der Waals surface area contributed by atoms with E-state index in [0.717, 1.165) is 0 Å². The summed E-state index contributed by atoms with van der Waals surface area (Å²) in [6.45, 7) is 4.61. The first kappa shape index (κ1) is 33.6. The van der Waals surface area contributed by atoms with Crippen LogP contribution in [0.3, 0.4) is 0 Å². The maximum atomic E-state index is 2.44. The molecule has 0 aliphatic carbocycles. The van der Waals surface area contributed by atoms with Crippen molar-refractivity contribution in [1.82, 2.24) is 4.57 Å². The van der Waals surface area contributed by atoms with Crippen LogP contribution in [0.4, 0.5) is 0 Å². The Balaban J connectivity index is 1.14. The zero-order valence-corrected chi connectivity index (χ0v) is 31.7. The third-order valence-corrected chi connectivity index (χ3v) is 11.7. The first-order valence-corrected chi connectivity index (χ1v) is 19.6. The van der Waals surface area contributed by atoms with Gasteiger partial charge in [-0.2, -0.15) is 0 Å². The summed E-state index contributed by atoms with van der Waals surface area (Å²) < 4.78 is 2.38. The highest BCUT2D eigenvalue weighted by atomic mass is 15.0.